The van der Waals surface area contributed by atoms with Crippen molar-refractivity contribution in [1.29, 1.82) is 0 Å². The number of rotatable bonds is 3. The summed E-state index contributed by atoms with van der Waals surface area (Å²) in [6, 6.07) is 1.11. The van der Waals surface area contributed by atoms with E-state index in [0.29, 0.717) is 11.1 Å². The highest BCUT2D eigenvalue weighted by atomic mass is 16.5. The molecular formula is C11H12O5. The van der Waals surface area contributed by atoms with Crippen LogP contribution in [0.1, 0.15) is 21.5 Å². The average Bonchev–Trinajstić information content (AvgIpc) is 2.23. The van der Waals surface area contributed by atoms with E-state index in [0.717, 1.165) is 6.07 Å². The summed E-state index contributed by atoms with van der Waals surface area (Å²) < 4.78 is 4.94. The van der Waals surface area contributed by atoms with Crippen molar-refractivity contribution >= 4 is 11.8 Å². The molecule has 0 aromatic heterocycles. The average molecular weight is 224 g/mol. The third kappa shape index (κ3) is 1.84. The monoisotopic (exact) mass is 224 g/mol. The van der Waals surface area contributed by atoms with Gasteiger partial charge in [-0.3, -0.25) is 4.79 Å². The van der Waals surface area contributed by atoms with Gasteiger partial charge in [-0.05, 0) is 31.0 Å². The van der Waals surface area contributed by atoms with Crippen molar-refractivity contribution in [2.24, 2.45) is 0 Å². The maximum absolute atomic E-state index is 11.3. The number of phenolic OH excluding ortho intramolecular Hbond substituents is 1. The number of aromatic hydroxyl groups is 1. The third-order valence-electron chi connectivity index (χ3n) is 2.46. The standard InChI is InChI=1S/C11H12O5/c1-5-6(2)10(16-3)8(12)4-7(5)9(13)11(14)15/h4,12H,1-3H3,(H,14,15). The first kappa shape index (κ1) is 12.0. The molecule has 0 radical (unpaired) electrons. The Kier molecular flexibility index (Phi) is 3.17. The highest BCUT2D eigenvalue weighted by Gasteiger charge is 2.21. The van der Waals surface area contributed by atoms with Gasteiger partial charge < -0.3 is 14.9 Å². The number of hydrogen-bond acceptors (Lipinski definition) is 4. The van der Waals surface area contributed by atoms with E-state index >= 15 is 0 Å². The first-order valence-electron chi connectivity index (χ1n) is 4.55. The summed E-state index contributed by atoms with van der Waals surface area (Å²) in [5.41, 5.74) is 1.01. The number of carbonyl (C=O) groups is 2. The zero-order valence-corrected chi connectivity index (χ0v) is 9.20. The van der Waals surface area contributed by atoms with Gasteiger partial charge in [0.2, 0.25) is 0 Å². The molecule has 0 aliphatic carbocycles. The molecule has 0 saturated carbocycles. The Bertz CT molecular complexity index is 462. The van der Waals surface area contributed by atoms with E-state index in [4.69, 9.17) is 9.84 Å². The minimum atomic E-state index is -1.55. The molecule has 0 amide bonds. The van der Waals surface area contributed by atoms with Crippen LogP contribution in [0.25, 0.3) is 0 Å². The number of hydrogen-bond donors (Lipinski definition) is 2. The zero-order chi connectivity index (χ0) is 12.5. The molecular weight excluding hydrogens is 212 g/mol. The first-order chi connectivity index (χ1) is 7.40. The zero-order valence-electron chi connectivity index (χ0n) is 9.20. The van der Waals surface area contributed by atoms with Crippen LogP contribution in [0.5, 0.6) is 11.5 Å². The Morgan fingerprint density at radius 1 is 1.25 bits per heavy atom. The molecule has 1 aromatic carbocycles. The van der Waals surface area contributed by atoms with Crippen molar-refractivity contribution in [3.8, 4) is 11.5 Å². The van der Waals surface area contributed by atoms with E-state index in [-0.39, 0.29) is 17.1 Å². The normalized spacial score (nSPS) is 9.94. The maximum Gasteiger partial charge on any atom is 0.377 e. The number of carbonyl (C=O) groups excluding carboxylic acids is 1. The summed E-state index contributed by atoms with van der Waals surface area (Å²) >= 11 is 0. The Labute approximate surface area is 92.3 Å². The number of methoxy groups -OCH3 is 1. The molecule has 16 heavy (non-hydrogen) atoms. The molecule has 0 spiro atoms. The Hall–Kier alpha value is -2.04. The number of ketones is 1. The van der Waals surface area contributed by atoms with Crippen LogP contribution in [-0.2, 0) is 4.79 Å². The predicted molar refractivity (Wildman–Crippen MR) is 56.1 cm³/mol. The quantitative estimate of drug-likeness (QED) is 0.597. The van der Waals surface area contributed by atoms with Crippen molar-refractivity contribution in [2.75, 3.05) is 7.11 Å². The van der Waals surface area contributed by atoms with Gasteiger partial charge in [-0.15, -0.1) is 0 Å². The molecule has 0 heterocycles. The highest BCUT2D eigenvalue weighted by Crippen LogP contribution is 2.34. The van der Waals surface area contributed by atoms with Crippen LogP contribution in [0.3, 0.4) is 0 Å². The molecule has 5 nitrogen and oxygen atoms in total. The lowest BCUT2D eigenvalue weighted by Crippen LogP contribution is -2.14. The molecule has 5 heteroatoms. The van der Waals surface area contributed by atoms with Crippen LogP contribution in [0, 0.1) is 13.8 Å². The second kappa shape index (κ2) is 4.22. The third-order valence-corrected chi connectivity index (χ3v) is 2.46. The van der Waals surface area contributed by atoms with Gasteiger partial charge in [0.15, 0.2) is 11.5 Å². The van der Waals surface area contributed by atoms with Gasteiger partial charge >= 0.3 is 5.97 Å². The minimum absolute atomic E-state index is 0.0247. The summed E-state index contributed by atoms with van der Waals surface area (Å²) in [6.45, 7) is 3.25. The number of carboxylic acid groups (broad SMARTS) is 1. The fraction of sp³-hybridized carbons (Fsp3) is 0.273. The SMILES string of the molecule is COc1c(O)cc(C(=O)C(=O)O)c(C)c1C. The van der Waals surface area contributed by atoms with E-state index in [1.54, 1.807) is 13.8 Å². The number of aliphatic carboxylic acids is 1. The Morgan fingerprint density at radius 2 is 1.81 bits per heavy atom. The van der Waals surface area contributed by atoms with Gasteiger partial charge in [-0.25, -0.2) is 4.79 Å². The van der Waals surface area contributed by atoms with Crippen molar-refractivity contribution < 1.29 is 24.5 Å². The smallest absolute Gasteiger partial charge is 0.377 e. The molecule has 0 unspecified atom stereocenters. The lowest BCUT2D eigenvalue weighted by molar-refractivity contribution is -0.131. The van der Waals surface area contributed by atoms with E-state index < -0.39 is 11.8 Å². The highest BCUT2D eigenvalue weighted by molar-refractivity contribution is 6.40. The molecule has 0 fully saturated rings. The van der Waals surface area contributed by atoms with Crippen molar-refractivity contribution in [3.63, 3.8) is 0 Å². The summed E-state index contributed by atoms with van der Waals surface area (Å²) in [7, 11) is 1.39. The lowest BCUT2D eigenvalue weighted by atomic mass is 9.98. The van der Waals surface area contributed by atoms with Crippen molar-refractivity contribution in [2.45, 2.75) is 13.8 Å². The van der Waals surface area contributed by atoms with Crippen LogP contribution in [-0.4, -0.2) is 29.1 Å². The molecule has 0 saturated heterocycles. The van der Waals surface area contributed by atoms with Gasteiger partial charge in [0.25, 0.3) is 5.78 Å². The largest absolute Gasteiger partial charge is 0.504 e. The molecule has 2 N–H and O–H groups in total. The fourth-order valence-electron chi connectivity index (χ4n) is 1.48. The molecule has 0 bridgehead atoms. The number of benzene rings is 1. The summed E-state index contributed by atoms with van der Waals surface area (Å²) in [4.78, 5) is 21.9. The van der Waals surface area contributed by atoms with Crippen LogP contribution >= 0.6 is 0 Å². The van der Waals surface area contributed by atoms with Crippen molar-refractivity contribution in [1.82, 2.24) is 0 Å². The predicted octanol–water partition coefficient (Wildman–Crippen LogP) is 1.28. The van der Waals surface area contributed by atoms with Gasteiger partial charge in [-0.1, -0.05) is 0 Å². The molecule has 0 atom stereocenters. The lowest BCUT2D eigenvalue weighted by Gasteiger charge is -2.12. The molecule has 1 aromatic rings. The van der Waals surface area contributed by atoms with E-state index in [2.05, 4.69) is 0 Å². The van der Waals surface area contributed by atoms with Crippen LogP contribution in [0.15, 0.2) is 6.07 Å². The summed E-state index contributed by atoms with van der Waals surface area (Å²) in [6.07, 6.45) is 0. The molecule has 0 aliphatic rings. The fourth-order valence-corrected chi connectivity index (χ4v) is 1.48. The number of ether oxygens (including phenoxy) is 1. The summed E-state index contributed by atoms with van der Waals surface area (Å²) in [5, 5.41) is 18.2. The van der Waals surface area contributed by atoms with Gasteiger partial charge in [-0.2, -0.15) is 0 Å². The van der Waals surface area contributed by atoms with Gasteiger partial charge in [0.1, 0.15) is 0 Å². The second-order valence-corrected chi connectivity index (χ2v) is 3.36. The van der Waals surface area contributed by atoms with E-state index in [1.807, 2.05) is 0 Å². The maximum atomic E-state index is 11.3. The van der Waals surface area contributed by atoms with E-state index in [1.165, 1.54) is 7.11 Å². The number of carboxylic acids is 1. The van der Waals surface area contributed by atoms with Gasteiger partial charge in [0.05, 0.1) is 7.11 Å². The number of phenols is 1. The van der Waals surface area contributed by atoms with Crippen molar-refractivity contribution in [3.05, 3.63) is 22.8 Å². The summed E-state index contributed by atoms with van der Waals surface area (Å²) in [5.74, 6) is -2.58. The molecule has 0 aliphatic heterocycles. The van der Waals surface area contributed by atoms with Crippen LogP contribution in [0.4, 0.5) is 0 Å². The van der Waals surface area contributed by atoms with E-state index in [9.17, 15) is 14.7 Å². The Morgan fingerprint density at radius 3 is 2.25 bits per heavy atom. The minimum Gasteiger partial charge on any atom is -0.504 e. The number of Topliss-reactive ketones (excluding diaryl/α,β-unsaturated/α-hetero) is 1. The Balaban J connectivity index is 3.45. The first-order valence-corrected chi connectivity index (χ1v) is 4.55. The molecule has 86 valence electrons. The second-order valence-electron chi connectivity index (χ2n) is 3.36. The van der Waals surface area contributed by atoms with Gasteiger partial charge in [0, 0.05) is 5.56 Å². The topological polar surface area (TPSA) is 83.8 Å². The molecule has 1 rings (SSSR count). The van der Waals surface area contributed by atoms with Crippen LogP contribution < -0.4 is 4.74 Å². The van der Waals surface area contributed by atoms with Crippen LogP contribution in [0.2, 0.25) is 0 Å².